The van der Waals surface area contributed by atoms with Gasteiger partial charge in [0, 0.05) is 16.3 Å². The van der Waals surface area contributed by atoms with Crippen molar-refractivity contribution in [2.45, 2.75) is 11.8 Å². The van der Waals surface area contributed by atoms with E-state index in [2.05, 4.69) is 25.5 Å². The van der Waals surface area contributed by atoms with E-state index < -0.39 is 10.1 Å². The SMILES string of the molecule is Cc1ccccc1-c1ccc(/N=N/c2cc(S(=O)(=O)O)c3ccccc3c2N=NN)cn1. The fraction of sp³-hybridized carbons (Fsp3) is 0.0455. The lowest BCUT2D eigenvalue weighted by Crippen LogP contribution is -1.99. The second kappa shape index (κ2) is 8.61. The van der Waals surface area contributed by atoms with Crippen LogP contribution >= 0.6 is 0 Å². The summed E-state index contributed by atoms with van der Waals surface area (Å²) in [6, 6.07) is 19.1. The molecule has 160 valence electrons. The molecule has 0 saturated heterocycles. The third kappa shape index (κ3) is 4.22. The second-order valence-corrected chi connectivity index (χ2v) is 8.29. The highest BCUT2D eigenvalue weighted by Crippen LogP contribution is 2.40. The molecule has 0 aliphatic heterocycles. The van der Waals surface area contributed by atoms with Crippen molar-refractivity contribution >= 4 is 38.0 Å². The topological polar surface area (TPSA) is 143 Å². The third-order valence-electron chi connectivity index (χ3n) is 4.84. The van der Waals surface area contributed by atoms with Crippen molar-refractivity contribution in [2.75, 3.05) is 0 Å². The van der Waals surface area contributed by atoms with Gasteiger partial charge in [0.1, 0.15) is 22.0 Å². The van der Waals surface area contributed by atoms with Gasteiger partial charge >= 0.3 is 0 Å². The second-order valence-electron chi connectivity index (χ2n) is 6.90. The van der Waals surface area contributed by atoms with Gasteiger partial charge < -0.3 is 5.84 Å². The largest absolute Gasteiger partial charge is 0.305 e. The van der Waals surface area contributed by atoms with Gasteiger partial charge in [-0.25, -0.2) is 0 Å². The van der Waals surface area contributed by atoms with Crippen LogP contribution in [0.15, 0.2) is 98.4 Å². The summed E-state index contributed by atoms with van der Waals surface area (Å²) in [7, 11) is -4.52. The van der Waals surface area contributed by atoms with Crippen molar-refractivity contribution in [3.8, 4) is 11.3 Å². The van der Waals surface area contributed by atoms with E-state index in [1.54, 1.807) is 36.5 Å². The molecular weight excluding hydrogens is 428 g/mol. The molecule has 4 rings (SSSR count). The number of azo groups is 1. The Morgan fingerprint density at radius 1 is 0.906 bits per heavy atom. The minimum atomic E-state index is -4.52. The Balaban J connectivity index is 1.78. The molecule has 10 heteroatoms. The van der Waals surface area contributed by atoms with E-state index in [1.165, 1.54) is 6.07 Å². The molecule has 0 aliphatic rings. The number of rotatable bonds is 5. The Hall–Kier alpha value is -4.02. The quantitative estimate of drug-likeness (QED) is 0.172. The van der Waals surface area contributed by atoms with Crippen LogP contribution in [0.2, 0.25) is 0 Å². The van der Waals surface area contributed by atoms with Gasteiger partial charge in [-0.2, -0.15) is 8.42 Å². The van der Waals surface area contributed by atoms with E-state index in [4.69, 9.17) is 5.84 Å². The zero-order valence-corrected chi connectivity index (χ0v) is 17.7. The van der Waals surface area contributed by atoms with E-state index in [0.717, 1.165) is 16.8 Å². The minimum Gasteiger partial charge on any atom is -0.305 e. The van der Waals surface area contributed by atoms with E-state index in [0.29, 0.717) is 11.1 Å². The van der Waals surface area contributed by atoms with Crippen molar-refractivity contribution in [3.63, 3.8) is 0 Å². The van der Waals surface area contributed by atoms with Gasteiger partial charge in [0.2, 0.25) is 0 Å². The number of aryl methyl sites for hydroxylation is 1. The monoisotopic (exact) mass is 446 g/mol. The maximum absolute atomic E-state index is 11.9. The van der Waals surface area contributed by atoms with Crippen molar-refractivity contribution in [2.24, 2.45) is 26.4 Å². The molecule has 9 nitrogen and oxygen atoms in total. The summed E-state index contributed by atoms with van der Waals surface area (Å²) in [6.07, 6.45) is 1.56. The number of nitrogens with zero attached hydrogens (tertiary/aromatic N) is 5. The summed E-state index contributed by atoms with van der Waals surface area (Å²) < 4.78 is 33.6. The summed E-state index contributed by atoms with van der Waals surface area (Å²) in [6.45, 7) is 2.00. The van der Waals surface area contributed by atoms with Crippen molar-refractivity contribution in [1.29, 1.82) is 0 Å². The number of hydrogen-bond donors (Lipinski definition) is 2. The maximum Gasteiger partial charge on any atom is 0.295 e. The molecule has 3 N–H and O–H groups in total. The average molecular weight is 446 g/mol. The summed E-state index contributed by atoms with van der Waals surface area (Å²) in [5.41, 5.74) is 3.64. The van der Waals surface area contributed by atoms with Gasteiger partial charge in [0.25, 0.3) is 10.1 Å². The van der Waals surface area contributed by atoms with Gasteiger partial charge in [0.15, 0.2) is 0 Å². The predicted molar refractivity (Wildman–Crippen MR) is 121 cm³/mol. The molecule has 32 heavy (non-hydrogen) atoms. The third-order valence-corrected chi connectivity index (χ3v) is 5.73. The lowest BCUT2D eigenvalue weighted by molar-refractivity contribution is 0.484. The Bertz CT molecular complexity index is 1470. The number of aromatic nitrogens is 1. The van der Waals surface area contributed by atoms with E-state index in [9.17, 15) is 13.0 Å². The van der Waals surface area contributed by atoms with Gasteiger partial charge in [0.05, 0.1) is 11.9 Å². The molecular formula is C22H18N6O3S. The first-order valence-corrected chi connectivity index (χ1v) is 10.9. The van der Waals surface area contributed by atoms with Crippen LogP contribution in [0, 0.1) is 6.92 Å². The normalized spacial score (nSPS) is 12.2. The Morgan fingerprint density at radius 3 is 2.28 bits per heavy atom. The molecule has 0 fully saturated rings. The van der Waals surface area contributed by atoms with Gasteiger partial charge in [-0.15, -0.1) is 15.3 Å². The van der Waals surface area contributed by atoms with E-state index in [-0.39, 0.29) is 21.7 Å². The molecule has 0 saturated carbocycles. The van der Waals surface area contributed by atoms with Crippen LogP contribution in [-0.2, 0) is 10.1 Å². The minimum absolute atomic E-state index is 0.0773. The average Bonchev–Trinajstić information content (AvgIpc) is 2.78. The molecule has 0 unspecified atom stereocenters. The number of fused-ring (bicyclic) bond motifs is 1. The highest BCUT2D eigenvalue weighted by atomic mass is 32.2. The van der Waals surface area contributed by atoms with Gasteiger partial charge in [-0.3, -0.25) is 9.54 Å². The Kier molecular flexibility index (Phi) is 5.71. The fourth-order valence-corrected chi connectivity index (χ4v) is 4.06. The van der Waals surface area contributed by atoms with Crippen LogP contribution in [0.3, 0.4) is 0 Å². The van der Waals surface area contributed by atoms with Crippen LogP contribution in [0.4, 0.5) is 17.1 Å². The van der Waals surface area contributed by atoms with Crippen LogP contribution in [0.1, 0.15) is 5.56 Å². The standard InChI is InChI=1S/C22H18N6O3S/c1-14-6-2-3-7-16(14)19-11-10-15(13-24-19)25-26-20-12-21(32(29,30)31)17-8-4-5-9-18(17)22(20)27-28-23/h2-13H,1H3,(H2,23,27)(H,29,30,31)/b26-25+. The van der Waals surface area contributed by atoms with Crippen molar-refractivity contribution in [1.82, 2.24) is 4.98 Å². The summed E-state index contributed by atoms with van der Waals surface area (Å²) >= 11 is 0. The van der Waals surface area contributed by atoms with E-state index in [1.807, 2.05) is 37.3 Å². The van der Waals surface area contributed by atoms with Gasteiger partial charge in [-0.1, -0.05) is 53.8 Å². The molecule has 1 aromatic heterocycles. The van der Waals surface area contributed by atoms with Gasteiger partial charge in [-0.05, 0) is 30.7 Å². The summed E-state index contributed by atoms with van der Waals surface area (Å²) in [4.78, 5) is 4.12. The van der Waals surface area contributed by atoms with E-state index >= 15 is 0 Å². The first-order chi connectivity index (χ1) is 15.4. The molecule has 0 spiro atoms. The highest BCUT2D eigenvalue weighted by Gasteiger charge is 2.19. The van der Waals surface area contributed by atoms with Crippen molar-refractivity contribution in [3.05, 3.63) is 78.5 Å². The van der Waals surface area contributed by atoms with Crippen LogP contribution in [0.5, 0.6) is 0 Å². The fourth-order valence-electron chi connectivity index (χ4n) is 3.34. The molecule has 0 aliphatic carbocycles. The number of pyridine rings is 1. The first kappa shape index (κ1) is 21.2. The van der Waals surface area contributed by atoms with Crippen LogP contribution < -0.4 is 5.84 Å². The molecule has 0 amide bonds. The maximum atomic E-state index is 11.9. The zero-order valence-electron chi connectivity index (χ0n) is 16.9. The molecule has 0 radical (unpaired) electrons. The molecule has 4 aromatic rings. The molecule has 3 aromatic carbocycles. The lowest BCUT2D eigenvalue weighted by atomic mass is 10.1. The summed E-state index contributed by atoms with van der Waals surface area (Å²) in [5, 5.41) is 16.2. The number of nitrogens with two attached hydrogens (primary N) is 1. The zero-order chi connectivity index (χ0) is 22.7. The Morgan fingerprint density at radius 2 is 1.62 bits per heavy atom. The number of hydrogen-bond acceptors (Lipinski definition) is 7. The highest BCUT2D eigenvalue weighted by molar-refractivity contribution is 7.86. The lowest BCUT2D eigenvalue weighted by Gasteiger charge is -2.08. The van der Waals surface area contributed by atoms with Crippen molar-refractivity contribution < 1.29 is 13.0 Å². The Labute approximate surface area is 184 Å². The van der Waals surface area contributed by atoms with Crippen LogP contribution in [0.25, 0.3) is 22.0 Å². The molecule has 0 atom stereocenters. The molecule has 0 bridgehead atoms. The van der Waals surface area contributed by atoms with Crippen LogP contribution in [-0.4, -0.2) is 18.0 Å². The smallest absolute Gasteiger partial charge is 0.295 e. The predicted octanol–water partition coefficient (Wildman–Crippen LogP) is 5.83. The first-order valence-electron chi connectivity index (χ1n) is 9.46. The number of benzene rings is 3. The summed E-state index contributed by atoms with van der Waals surface area (Å²) in [5.74, 6) is 5.24. The molecule has 1 heterocycles.